The first-order valence-electron chi connectivity index (χ1n) is 14.5. The van der Waals surface area contributed by atoms with Gasteiger partial charge in [0.15, 0.2) is 5.60 Å². The molecule has 1 spiro atoms. The van der Waals surface area contributed by atoms with Gasteiger partial charge in [-0.1, -0.05) is 61.5 Å². The van der Waals surface area contributed by atoms with E-state index >= 15 is 4.11 Å². The number of aliphatic hydroxyl groups is 1. The lowest BCUT2D eigenvalue weighted by atomic mass is 9.82. The minimum Gasteiger partial charge on any atom is -0.394 e. The van der Waals surface area contributed by atoms with Crippen molar-refractivity contribution in [3.63, 3.8) is 0 Å². The fourth-order valence-corrected chi connectivity index (χ4v) is 10.3. The fourth-order valence-electron chi connectivity index (χ4n) is 7.46. The summed E-state index contributed by atoms with van der Waals surface area (Å²) in [5.74, 6) is -0.850. The van der Waals surface area contributed by atoms with Crippen molar-refractivity contribution in [1.82, 2.24) is 4.90 Å². The third kappa shape index (κ3) is 4.91. The molecule has 3 aromatic carbocycles. The number of hydrogen-bond acceptors (Lipinski definition) is 4. The SMILES string of the molecule is C[C@@H]1[C@@H]([Si](C)(C)F)[C@H](CC(=O)N2Cc3ccccc3C[C@H]2CO)O[C@@]12C(=O)N(Cc1ccc(I)cc1)c1ccccc12. The molecule has 0 radical (unpaired) electrons. The first-order chi connectivity index (χ1) is 20.0. The quantitative estimate of drug-likeness (QED) is 0.197. The van der Waals surface area contributed by atoms with Gasteiger partial charge in [0, 0.05) is 27.1 Å². The number of ether oxygens (including phenoxy) is 1. The van der Waals surface area contributed by atoms with Crippen LogP contribution in [-0.4, -0.2) is 49.0 Å². The minimum absolute atomic E-state index is 0.0393. The second kappa shape index (κ2) is 11.2. The van der Waals surface area contributed by atoms with E-state index in [0.29, 0.717) is 19.5 Å². The van der Waals surface area contributed by atoms with Crippen LogP contribution in [0.2, 0.25) is 18.6 Å². The lowest BCUT2D eigenvalue weighted by Crippen LogP contribution is -2.48. The van der Waals surface area contributed by atoms with E-state index in [1.165, 1.54) is 0 Å². The molecular formula is C33H36FIN2O4Si. The van der Waals surface area contributed by atoms with E-state index in [-0.39, 0.29) is 30.9 Å². The standard InChI is InChI=1S/C33H36FIN2O4Si/c1-21-31(42(2,3)34)29(17-30(39)36-19-24-9-5-4-8-23(24)16-26(36)20-38)41-33(21)27-10-6-7-11-28(27)37(32(33)40)18-22-12-14-25(35)15-13-22/h4-15,21,26,29,31,38H,16-20H2,1-3H3/t21-,26+,29+,31-,33+/m1/s1. The van der Waals surface area contributed by atoms with Crippen molar-refractivity contribution in [1.29, 1.82) is 0 Å². The van der Waals surface area contributed by atoms with Crippen LogP contribution < -0.4 is 4.90 Å². The average molecular weight is 699 g/mol. The molecule has 6 nitrogen and oxygen atoms in total. The summed E-state index contributed by atoms with van der Waals surface area (Å²) < 4.78 is 24.1. The van der Waals surface area contributed by atoms with Crippen molar-refractivity contribution < 1.29 is 23.5 Å². The Balaban J connectivity index is 1.33. The van der Waals surface area contributed by atoms with Crippen molar-refractivity contribution in [3.05, 3.63) is 98.6 Å². The smallest absolute Gasteiger partial charge is 0.264 e. The van der Waals surface area contributed by atoms with Gasteiger partial charge in [-0.2, -0.15) is 0 Å². The summed E-state index contributed by atoms with van der Waals surface area (Å²) in [6.07, 6.45) is -0.232. The Bertz CT molecular complexity index is 1510. The molecule has 6 rings (SSSR count). The van der Waals surface area contributed by atoms with Gasteiger partial charge in [-0.25, -0.2) is 0 Å². The molecule has 9 heteroatoms. The number of rotatable bonds is 6. The van der Waals surface area contributed by atoms with Crippen LogP contribution in [0.4, 0.5) is 9.80 Å². The number of hydrogen-bond donors (Lipinski definition) is 1. The number of carbonyl (C=O) groups is 2. The van der Waals surface area contributed by atoms with E-state index in [1.807, 2.05) is 79.7 Å². The third-order valence-corrected chi connectivity index (χ3v) is 12.6. The van der Waals surface area contributed by atoms with Crippen LogP contribution in [0.15, 0.2) is 72.8 Å². The zero-order chi connectivity index (χ0) is 29.8. The second-order valence-electron chi connectivity index (χ2n) is 12.3. The number of benzene rings is 3. The number of halogens is 2. The summed E-state index contributed by atoms with van der Waals surface area (Å²) in [6, 6.07) is 23.3. The molecule has 2 amide bonds. The largest absolute Gasteiger partial charge is 0.394 e. The molecule has 0 unspecified atom stereocenters. The van der Waals surface area contributed by atoms with Gasteiger partial charge in [-0.3, -0.25) is 9.59 Å². The highest BCUT2D eigenvalue weighted by atomic mass is 127. The molecule has 1 fully saturated rings. The molecule has 3 aliphatic heterocycles. The molecule has 0 aliphatic carbocycles. The number of carbonyl (C=O) groups excluding carboxylic acids is 2. The van der Waals surface area contributed by atoms with E-state index < -0.39 is 31.6 Å². The van der Waals surface area contributed by atoms with Crippen LogP contribution >= 0.6 is 22.6 Å². The highest BCUT2D eigenvalue weighted by Gasteiger charge is 2.67. The first kappa shape index (κ1) is 29.5. The van der Waals surface area contributed by atoms with Gasteiger partial charge >= 0.3 is 0 Å². The van der Waals surface area contributed by atoms with Crippen molar-refractivity contribution in [2.45, 2.75) is 69.2 Å². The van der Waals surface area contributed by atoms with E-state index in [1.54, 1.807) is 22.9 Å². The van der Waals surface area contributed by atoms with E-state index in [4.69, 9.17) is 4.74 Å². The molecule has 0 aromatic heterocycles. The molecule has 0 saturated carbocycles. The monoisotopic (exact) mass is 698 g/mol. The third-order valence-electron chi connectivity index (χ3n) is 9.38. The van der Waals surface area contributed by atoms with Crippen molar-refractivity contribution >= 4 is 48.5 Å². The normalized spacial score (nSPS) is 27.0. The van der Waals surface area contributed by atoms with Gasteiger partial charge in [0.1, 0.15) is 0 Å². The molecule has 42 heavy (non-hydrogen) atoms. The number of amides is 2. The van der Waals surface area contributed by atoms with E-state index in [2.05, 4.69) is 22.6 Å². The summed E-state index contributed by atoms with van der Waals surface area (Å²) in [7, 11) is -3.41. The Morgan fingerprint density at radius 2 is 1.74 bits per heavy atom. The predicted molar refractivity (Wildman–Crippen MR) is 171 cm³/mol. The molecule has 0 bridgehead atoms. The Labute approximate surface area is 261 Å². The Hall–Kier alpha value is -2.60. The number of para-hydroxylation sites is 1. The summed E-state index contributed by atoms with van der Waals surface area (Å²) in [5, 5.41) is 10.2. The molecule has 3 heterocycles. The van der Waals surface area contributed by atoms with Crippen LogP contribution in [0.5, 0.6) is 0 Å². The Kier molecular flexibility index (Phi) is 7.82. The first-order valence-corrected chi connectivity index (χ1v) is 18.6. The molecule has 3 aromatic rings. The molecular weight excluding hydrogens is 662 g/mol. The van der Waals surface area contributed by atoms with Crippen molar-refractivity contribution in [2.75, 3.05) is 11.5 Å². The molecule has 1 N–H and O–H groups in total. The van der Waals surface area contributed by atoms with Gasteiger partial charge in [-0.05, 0) is 77.0 Å². The summed E-state index contributed by atoms with van der Waals surface area (Å²) in [4.78, 5) is 31.8. The van der Waals surface area contributed by atoms with Crippen LogP contribution in [0.3, 0.4) is 0 Å². The van der Waals surface area contributed by atoms with Crippen LogP contribution in [0.25, 0.3) is 0 Å². The second-order valence-corrected chi connectivity index (χ2v) is 17.4. The number of anilines is 1. The van der Waals surface area contributed by atoms with E-state index in [9.17, 15) is 14.7 Å². The highest BCUT2D eigenvalue weighted by Crippen LogP contribution is 2.60. The van der Waals surface area contributed by atoms with E-state index in [0.717, 1.165) is 31.5 Å². The molecule has 3 aliphatic rings. The van der Waals surface area contributed by atoms with Gasteiger partial charge < -0.3 is 23.8 Å². The maximum atomic E-state index is 16.2. The zero-order valence-corrected chi connectivity index (χ0v) is 27.3. The summed E-state index contributed by atoms with van der Waals surface area (Å²) in [5.41, 5.74) is 2.75. The van der Waals surface area contributed by atoms with Gasteiger partial charge in [0.2, 0.25) is 14.3 Å². The minimum atomic E-state index is -3.41. The van der Waals surface area contributed by atoms with Gasteiger partial charge in [0.05, 0.1) is 37.4 Å². The van der Waals surface area contributed by atoms with Gasteiger partial charge in [-0.15, -0.1) is 0 Å². The lowest BCUT2D eigenvalue weighted by molar-refractivity contribution is -0.151. The van der Waals surface area contributed by atoms with Crippen molar-refractivity contribution in [3.8, 4) is 0 Å². The fraction of sp³-hybridized carbons (Fsp3) is 0.394. The Morgan fingerprint density at radius 1 is 1.07 bits per heavy atom. The van der Waals surface area contributed by atoms with Crippen molar-refractivity contribution in [2.24, 2.45) is 5.92 Å². The lowest BCUT2D eigenvalue weighted by Gasteiger charge is -2.37. The van der Waals surface area contributed by atoms with Crippen LogP contribution in [-0.2, 0) is 39.4 Å². The summed E-state index contributed by atoms with van der Waals surface area (Å²) >= 11 is 2.26. The predicted octanol–water partition coefficient (Wildman–Crippen LogP) is 5.95. The topological polar surface area (TPSA) is 70.1 Å². The zero-order valence-electron chi connectivity index (χ0n) is 24.1. The van der Waals surface area contributed by atoms with Gasteiger partial charge in [0.25, 0.3) is 5.91 Å². The van der Waals surface area contributed by atoms with Crippen LogP contribution in [0, 0.1) is 9.49 Å². The maximum Gasteiger partial charge on any atom is 0.264 e. The highest BCUT2D eigenvalue weighted by molar-refractivity contribution is 14.1. The Morgan fingerprint density at radius 3 is 2.43 bits per heavy atom. The number of aliphatic hydroxyl groups excluding tert-OH is 1. The molecule has 1 saturated heterocycles. The summed E-state index contributed by atoms with van der Waals surface area (Å²) in [6.45, 7) is 5.83. The molecule has 220 valence electrons. The average Bonchev–Trinajstić information content (AvgIpc) is 3.39. The number of fused-ring (bicyclic) bond motifs is 3. The maximum absolute atomic E-state index is 16.2. The number of nitrogens with zero attached hydrogens (tertiary/aromatic N) is 2. The van der Waals surface area contributed by atoms with Crippen LogP contribution in [0.1, 0.15) is 35.6 Å². The molecule has 5 atom stereocenters.